The first-order valence-corrected chi connectivity index (χ1v) is 5.73. The van der Waals surface area contributed by atoms with E-state index in [1.165, 1.54) is 0 Å². The molecule has 0 aromatic rings. The Hall–Kier alpha value is 0.200. The highest BCUT2D eigenvalue weighted by molar-refractivity contribution is 8.10. The van der Waals surface area contributed by atoms with Gasteiger partial charge in [0.25, 0.3) is 0 Å². The molecule has 11 heavy (non-hydrogen) atoms. The minimum absolute atomic E-state index is 0.161. The van der Waals surface area contributed by atoms with Crippen LogP contribution in [0.15, 0.2) is 0 Å². The van der Waals surface area contributed by atoms with Gasteiger partial charge in [0.15, 0.2) is 0 Å². The zero-order valence-electron chi connectivity index (χ0n) is 6.87. The lowest BCUT2D eigenvalue weighted by Gasteiger charge is -2.16. The van der Waals surface area contributed by atoms with Gasteiger partial charge in [-0.15, -0.1) is 0 Å². The van der Waals surface area contributed by atoms with Crippen molar-refractivity contribution in [3.63, 3.8) is 0 Å². The average molecular weight is 201 g/mol. The van der Waals surface area contributed by atoms with Crippen LogP contribution in [0.5, 0.6) is 0 Å². The molecule has 0 spiro atoms. The molecule has 0 saturated heterocycles. The molecular formula is C6H13ClO3S. The van der Waals surface area contributed by atoms with Gasteiger partial charge in [-0.05, 0) is 12.3 Å². The van der Waals surface area contributed by atoms with Crippen molar-refractivity contribution in [3.8, 4) is 0 Å². The molecule has 5 heteroatoms. The van der Waals surface area contributed by atoms with Crippen molar-refractivity contribution in [2.24, 2.45) is 5.92 Å². The maximum absolute atomic E-state index is 10.4. The second-order valence-corrected chi connectivity index (χ2v) is 4.79. The third kappa shape index (κ3) is 5.47. The Balaban J connectivity index is 4.10. The summed E-state index contributed by atoms with van der Waals surface area (Å²) >= 11 is 0. The van der Waals surface area contributed by atoms with Crippen LogP contribution in [-0.2, 0) is 13.5 Å². The van der Waals surface area contributed by atoms with Gasteiger partial charge in [-0.1, -0.05) is 20.8 Å². The van der Waals surface area contributed by atoms with Crippen molar-refractivity contribution in [2.45, 2.75) is 33.3 Å². The van der Waals surface area contributed by atoms with E-state index in [9.17, 15) is 8.42 Å². The van der Waals surface area contributed by atoms with E-state index in [1.54, 1.807) is 0 Å². The Bertz CT molecular complexity index is 198. The second kappa shape index (κ2) is 4.28. The summed E-state index contributed by atoms with van der Waals surface area (Å²) < 4.78 is 25.5. The molecule has 1 atom stereocenters. The summed E-state index contributed by atoms with van der Waals surface area (Å²) in [4.78, 5) is 0. The smallest absolute Gasteiger partial charge is 0.254 e. The normalized spacial score (nSPS) is 15.4. The summed E-state index contributed by atoms with van der Waals surface area (Å²) in [6.45, 7) is 5.62. The minimum Gasteiger partial charge on any atom is -0.254 e. The van der Waals surface area contributed by atoms with E-state index in [4.69, 9.17) is 10.7 Å². The molecule has 0 aliphatic carbocycles. The summed E-state index contributed by atoms with van der Waals surface area (Å²) in [6, 6.07) is 0. The third-order valence-electron chi connectivity index (χ3n) is 1.38. The van der Waals surface area contributed by atoms with Crippen LogP contribution in [0.3, 0.4) is 0 Å². The lowest BCUT2D eigenvalue weighted by Crippen LogP contribution is -2.20. The highest BCUT2D eigenvalue weighted by Gasteiger charge is 2.18. The molecule has 3 nitrogen and oxygen atoms in total. The van der Waals surface area contributed by atoms with Crippen LogP contribution < -0.4 is 0 Å². The fourth-order valence-electron chi connectivity index (χ4n) is 0.798. The van der Waals surface area contributed by atoms with Gasteiger partial charge in [-0.25, -0.2) is 0 Å². The van der Waals surface area contributed by atoms with Crippen LogP contribution in [0.1, 0.15) is 27.2 Å². The molecule has 0 amide bonds. The molecule has 0 rings (SSSR count). The predicted molar refractivity (Wildman–Crippen MR) is 44.8 cm³/mol. The van der Waals surface area contributed by atoms with Crippen molar-refractivity contribution in [1.82, 2.24) is 0 Å². The molecule has 1 unspecified atom stereocenters. The van der Waals surface area contributed by atoms with Crippen LogP contribution in [0.2, 0.25) is 0 Å². The van der Waals surface area contributed by atoms with Crippen LogP contribution in [0.25, 0.3) is 0 Å². The summed E-state index contributed by atoms with van der Waals surface area (Å²) in [6.07, 6.45) is 0.335. The van der Waals surface area contributed by atoms with E-state index in [1.807, 2.05) is 20.8 Å². The van der Waals surface area contributed by atoms with Crippen molar-refractivity contribution < 1.29 is 12.6 Å². The van der Waals surface area contributed by atoms with Crippen LogP contribution in [-0.4, -0.2) is 14.5 Å². The Labute approximate surface area is 72.3 Å². The number of rotatable bonds is 4. The van der Waals surface area contributed by atoms with Crippen molar-refractivity contribution >= 4 is 20.0 Å². The maximum atomic E-state index is 10.4. The predicted octanol–water partition coefficient (Wildman–Crippen LogP) is 1.92. The highest BCUT2D eigenvalue weighted by atomic mass is 35.7. The zero-order valence-corrected chi connectivity index (χ0v) is 8.45. The van der Waals surface area contributed by atoms with Gasteiger partial charge in [0.1, 0.15) is 0 Å². The van der Waals surface area contributed by atoms with Crippen LogP contribution in [0.4, 0.5) is 0 Å². The fraction of sp³-hybridized carbons (Fsp3) is 1.00. The molecule has 0 radical (unpaired) electrons. The maximum Gasteiger partial charge on any atom is 0.355 e. The molecule has 68 valence electrons. The number of hydrogen-bond donors (Lipinski definition) is 0. The SMILES string of the molecule is CCC(OS(=O)(=O)Cl)C(C)C. The van der Waals surface area contributed by atoms with Crippen LogP contribution in [0, 0.1) is 5.92 Å². The van der Waals surface area contributed by atoms with Crippen molar-refractivity contribution in [3.05, 3.63) is 0 Å². The van der Waals surface area contributed by atoms with Gasteiger partial charge >= 0.3 is 9.33 Å². The van der Waals surface area contributed by atoms with Gasteiger partial charge in [0.2, 0.25) is 0 Å². The van der Waals surface area contributed by atoms with E-state index < -0.39 is 9.33 Å². The van der Waals surface area contributed by atoms with E-state index in [2.05, 4.69) is 4.18 Å². The lowest BCUT2D eigenvalue weighted by molar-refractivity contribution is 0.159. The number of hydrogen-bond acceptors (Lipinski definition) is 3. The number of halogens is 1. The molecule has 0 aromatic carbocycles. The van der Waals surface area contributed by atoms with Crippen molar-refractivity contribution in [1.29, 1.82) is 0 Å². The molecule has 0 heterocycles. The molecule has 0 saturated carbocycles. The fourth-order valence-corrected chi connectivity index (χ4v) is 1.73. The van der Waals surface area contributed by atoms with E-state index in [0.717, 1.165) is 0 Å². The quantitative estimate of drug-likeness (QED) is 0.652. The average Bonchev–Trinajstić information content (AvgIpc) is 1.80. The molecule has 0 aliphatic heterocycles. The third-order valence-corrected chi connectivity index (χ3v) is 2.08. The monoisotopic (exact) mass is 200 g/mol. The first kappa shape index (κ1) is 11.2. The molecule has 0 N–H and O–H groups in total. The molecule has 0 fully saturated rings. The largest absolute Gasteiger partial charge is 0.355 e. The summed E-state index contributed by atoms with van der Waals surface area (Å²) in [7, 11) is 1.09. The van der Waals surface area contributed by atoms with Gasteiger partial charge < -0.3 is 0 Å². The Morgan fingerprint density at radius 3 is 2.00 bits per heavy atom. The van der Waals surface area contributed by atoms with Gasteiger partial charge in [0.05, 0.1) is 6.10 Å². The first-order chi connectivity index (χ1) is 4.87. The van der Waals surface area contributed by atoms with Gasteiger partial charge in [-0.3, -0.25) is 4.18 Å². The zero-order chi connectivity index (χ0) is 9.07. The highest BCUT2D eigenvalue weighted by Crippen LogP contribution is 2.15. The minimum atomic E-state index is -3.81. The summed E-state index contributed by atoms with van der Waals surface area (Å²) in [5.74, 6) is 0.161. The Morgan fingerprint density at radius 2 is 1.91 bits per heavy atom. The molecular weight excluding hydrogens is 188 g/mol. The molecule has 0 bridgehead atoms. The standard InChI is InChI=1S/C6H13ClO3S/c1-4-6(5(2)3)10-11(7,8)9/h5-6H,4H2,1-3H3. The topological polar surface area (TPSA) is 43.4 Å². The van der Waals surface area contributed by atoms with E-state index in [0.29, 0.717) is 6.42 Å². The van der Waals surface area contributed by atoms with E-state index in [-0.39, 0.29) is 12.0 Å². The van der Waals surface area contributed by atoms with Gasteiger partial charge in [0, 0.05) is 10.7 Å². The lowest BCUT2D eigenvalue weighted by atomic mass is 10.1. The summed E-state index contributed by atoms with van der Waals surface area (Å²) in [5.41, 5.74) is 0. The first-order valence-electron chi connectivity index (χ1n) is 3.49. The summed E-state index contributed by atoms with van der Waals surface area (Å²) in [5, 5.41) is 0. The van der Waals surface area contributed by atoms with Crippen LogP contribution >= 0.6 is 10.7 Å². The molecule has 0 aromatic heterocycles. The second-order valence-electron chi connectivity index (χ2n) is 2.68. The molecule has 0 aliphatic rings. The van der Waals surface area contributed by atoms with Crippen molar-refractivity contribution in [2.75, 3.05) is 0 Å². The van der Waals surface area contributed by atoms with Gasteiger partial charge in [-0.2, -0.15) is 8.42 Å². The Kier molecular flexibility index (Phi) is 4.36. The van der Waals surface area contributed by atoms with E-state index >= 15 is 0 Å². The Morgan fingerprint density at radius 1 is 1.45 bits per heavy atom.